The SMILES string of the molecule is C[N+](C)(C)c1ccc2ccccc2c1.C[N+](C)(C)c1ccc2ccccc2c1.O=C[O-].O=C[O-]. The molecule has 0 aliphatic heterocycles. The highest BCUT2D eigenvalue weighted by atomic mass is 16.3. The van der Waals surface area contributed by atoms with Gasteiger partial charge in [0.25, 0.3) is 0 Å². The van der Waals surface area contributed by atoms with Crippen molar-refractivity contribution in [3.63, 3.8) is 0 Å². The van der Waals surface area contributed by atoms with E-state index in [1.807, 2.05) is 0 Å². The van der Waals surface area contributed by atoms with Gasteiger partial charge in [-0.2, -0.15) is 0 Å². The first-order valence-corrected chi connectivity index (χ1v) is 10.7. The molecule has 0 spiro atoms. The fraction of sp³-hybridized carbons (Fsp3) is 0.214. The Labute approximate surface area is 202 Å². The molecule has 0 unspecified atom stereocenters. The zero-order valence-corrected chi connectivity index (χ0v) is 20.8. The molecule has 6 nitrogen and oxygen atoms in total. The van der Waals surface area contributed by atoms with Gasteiger partial charge in [-0.05, 0) is 45.8 Å². The molecule has 0 saturated carbocycles. The molecule has 0 heterocycles. The summed E-state index contributed by atoms with van der Waals surface area (Å²) in [6, 6.07) is 30.2. The van der Waals surface area contributed by atoms with Crippen molar-refractivity contribution in [2.75, 3.05) is 42.3 Å². The van der Waals surface area contributed by atoms with Crippen LogP contribution < -0.4 is 19.2 Å². The summed E-state index contributed by atoms with van der Waals surface area (Å²) in [5.74, 6) is 0. The lowest BCUT2D eigenvalue weighted by atomic mass is 10.1. The molecular weight excluding hydrogens is 428 g/mol. The number of carbonyl (C=O) groups excluding carboxylic acids is 2. The normalized spacial score (nSPS) is 10.5. The van der Waals surface area contributed by atoms with Crippen molar-refractivity contribution in [3.05, 3.63) is 84.9 Å². The van der Waals surface area contributed by atoms with E-state index in [9.17, 15) is 0 Å². The second-order valence-corrected chi connectivity index (χ2v) is 9.28. The summed E-state index contributed by atoms with van der Waals surface area (Å²) in [4.78, 5) is 16.5. The predicted molar refractivity (Wildman–Crippen MR) is 139 cm³/mol. The van der Waals surface area contributed by atoms with Crippen LogP contribution in [0.1, 0.15) is 0 Å². The molecule has 180 valence electrons. The van der Waals surface area contributed by atoms with E-state index < -0.39 is 12.9 Å². The number of carboxylic acid groups (broad SMARTS) is 2. The van der Waals surface area contributed by atoms with Crippen molar-refractivity contribution in [2.24, 2.45) is 0 Å². The van der Waals surface area contributed by atoms with Gasteiger partial charge in [-0.25, -0.2) is 0 Å². The summed E-state index contributed by atoms with van der Waals surface area (Å²) in [5.41, 5.74) is 2.67. The summed E-state index contributed by atoms with van der Waals surface area (Å²) in [6.45, 7) is -1.00. The number of hydrogen-bond donors (Lipinski definition) is 0. The maximum Gasteiger partial charge on any atom is 0.132 e. The first kappa shape index (κ1) is 28.3. The van der Waals surface area contributed by atoms with Crippen molar-refractivity contribution in [2.45, 2.75) is 0 Å². The minimum absolute atomic E-state index is 0.500. The Bertz CT molecular complexity index is 1100. The van der Waals surface area contributed by atoms with E-state index >= 15 is 0 Å². The molecule has 4 rings (SSSR count). The molecule has 0 saturated heterocycles. The van der Waals surface area contributed by atoms with Crippen molar-refractivity contribution in [1.29, 1.82) is 0 Å². The molecule has 4 aromatic carbocycles. The van der Waals surface area contributed by atoms with Gasteiger partial charge in [0.15, 0.2) is 0 Å². The molecule has 6 heteroatoms. The van der Waals surface area contributed by atoms with Crippen LogP contribution in [0.25, 0.3) is 21.5 Å². The van der Waals surface area contributed by atoms with Gasteiger partial charge >= 0.3 is 0 Å². The second-order valence-electron chi connectivity index (χ2n) is 9.28. The van der Waals surface area contributed by atoms with E-state index in [2.05, 4.69) is 127 Å². The molecular formula is C28H34N2O4. The Morgan fingerprint density at radius 1 is 0.500 bits per heavy atom. The van der Waals surface area contributed by atoms with Crippen LogP contribution in [0.3, 0.4) is 0 Å². The molecule has 0 amide bonds. The number of fused-ring (bicyclic) bond motifs is 2. The van der Waals surface area contributed by atoms with Gasteiger partial charge in [-0.1, -0.05) is 48.5 Å². The number of benzene rings is 4. The van der Waals surface area contributed by atoms with Crippen LogP contribution in [0.4, 0.5) is 11.4 Å². The van der Waals surface area contributed by atoms with E-state index in [-0.39, 0.29) is 0 Å². The topological polar surface area (TPSA) is 80.3 Å². The predicted octanol–water partition coefficient (Wildman–Crippen LogP) is 2.81. The maximum absolute atomic E-state index is 8.25. The summed E-state index contributed by atoms with van der Waals surface area (Å²) in [7, 11) is 13.1. The molecule has 0 radical (unpaired) electrons. The zero-order valence-electron chi connectivity index (χ0n) is 20.8. The van der Waals surface area contributed by atoms with E-state index in [1.54, 1.807) is 0 Å². The van der Waals surface area contributed by atoms with Gasteiger partial charge in [0.05, 0.1) is 42.3 Å². The number of hydrogen-bond acceptors (Lipinski definition) is 4. The van der Waals surface area contributed by atoms with Gasteiger partial charge in [-0.15, -0.1) is 0 Å². The Morgan fingerprint density at radius 3 is 1.03 bits per heavy atom. The summed E-state index contributed by atoms with van der Waals surface area (Å²) >= 11 is 0. The molecule has 0 fully saturated rings. The Morgan fingerprint density at radius 2 is 0.765 bits per heavy atom. The average Bonchev–Trinajstić information content (AvgIpc) is 2.79. The number of nitrogens with zero attached hydrogens (tertiary/aromatic N) is 2. The van der Waals surface area contributed by atoms with E-state index in [0.29, 0.717) is 0 Å². The quantitative estimate of drug-likeness (QED) is 0.339. The van der Waals surface area contributed by atoms with Gasteiger partial charge in [0.1, 0.15) is 11.4 Å². The monoisotopic (exact) mass is 462 g/mol. The van der Waals surface area contributed by atoms with Gasteiger partial charge in [0.2, 0.25) is 0 Å². The minimum atomic E-state index is -0.500. The third kappa shape index (κ3) is 9.02. The summed E-state index contributed by atoms with van der Waals surface area (Å²) in [6.07, 6.45) is 0. The molecule has 0 aromatic heterocycles. The van der Waals surface area contributed by atoms with E-state index in [1.165, 1.54) is 32.9 Å². The maximum atomic E-state index is 8.25. The lowest BCUT2D eigenvalue weighted by molar-refractivity contribution is -0.284. The largest absolute Gasteiger partial charge is 0.554 e. The molecule has 0 aliphatic carbocycles. The minimum Gasteiger partial charge on any atom is -0.554 e. The van der Waals surface area contributed by atoms with Crippen molar-refractivity contribution in [1.82, 2.24) is 8.97 Å². The molecule has 34 heavy (non-hydrogen) atoms. The van der Waals surface area contributed by atoms with Crippen molar-refractivity contribution >= 4 is 45.9 Å². The Kier molecular flexibility index (Phi) is 10.9. The highest BCUT2D eigenvalue weighted by molar-refractivity contribution is 5.86. The number of quaternary nitrogens is 2. The Hall–Kier alpha value is -3.74. The van der Waals surface area contributed by atoms with Crippen LogP contribution in [0.15, 0.2) is 84.9 Å². The van der Waals surface area contributed by atoms with E-state index in [4.69, 9.17) is 19.8 Å². The van der Waals surface area contributed by atoms with Crippen LogP contribution in [0.2, 0.25) is 0 Å². The highest BCUT2D eigenvalue weighted by Gasteiger charge is 2.12. The lowest BCUT2D eigenvalue weighted by Crippen LogP contribution is -2.34. The molecule has 0 bridgehead atoms. The molecule has 0 aliphatic rings. The van der Waals surface area contributed by atoms with Crippen LogP contribution in [-0.2, 0) is 9.59 Å². The average molecular weight is 463 g/mol. The number of rotatable bonds is 2. The summed E-state index contributed by atoms with van der Waals surface area (Å²) < 4.78 is 1.73. The van der Waals surface area contributed by atoms with Gasteiger partial charge in [-0.3, -0.25) is 8.97 Å². The molecule has 0 atom stereocenters. The van der Waals surface area contributed by atoms with Gasteiger partial charge < -0.3 is 19.8 Å². The first-order valence-electron chi connectivity index (χ1n) is 10.7. The first-order chi connectivity index (χ1) is 16.0. The van der Waals surface area contributed by atoms with Crippen LogP contribution >= 0.6 is 0 Å². The van der Waals surface area contributed by atoms with Crippen LogP contribution in [0, 0.1) is 0 Å². The smallest absolute Gasteiger partial charge is 0.132 e. The summed E-state index contributed by atoms with van der Waals surface area (Å²) in [5, 5.41) is 21.8. The van der Waals surface area contributed by atoms with E-state index in [0.717, 1.165) is 8.97 Å². The van der Waals surface area contributed by atoms with Crippen molar-refractivity contribution in [3.8, 4) is 0 Å². The second kappa shape index (κ2) is 13.1. The van der Waals surface area contributed by atoms with Gasteiger partial charge in [0, 0.05) is 25.1 Å². The van der Waals surface area contributed by atoms with Crippen LogP contribution in [0.5, 0.6) is 0 Å². The molecule has 4 aromatic rings. The Balaban J connectivity index is 0.000000277. The number of carbonyl (C=O) groups is 2. The lowest BCUT2D eigenvalue weighted by Gasteiger charge is -2.23. The van der Waals surface area contributed by atoms with Crippen LogP contribution in [-0.4, -0.2) is 55.2 Å². The fourth-order valence-corrected chi connectivity index (χ4v) is 3.19. The third-order valence-corrected chi connectivity index (χ3v) is 5.02. The standard InChI is InChI=1S/2C13H16N.2CH2O2/c2*1-14(2,3)13-9-8-11-6-4-5-7-12(11)10-13;2*2-1-3/h2*4-10H,1-3H3;2*1H,(H,2,3)/q2*+1;;/p-2. The highest BCUT2D eigenvalue weighted by Crippen LogP contribution is 2.24. The zero-order chi connectivity index (χ0) is 25.8. The third-order valence-electron chi connectivity index (χ3n) is 5.02. The molecule has 0 N–H and O–H groups in total. The fourth-order valence-electron chi connectivity index (χ4n) is 3.19. The van der Waals surface area contributed by atoms with Crippen molar-refractivity contribution < 1.29 is 19.8 Å².